The van der Waals surface area contributed by atoms with Gasteiger partial charge in [0.25, 0.3) is 0 Å². The van der Waals surface area contributed by atoms with Crippen molar-refractivity contribution in [1.29, 1.82) is 0 Å². The molecule has 0 spiro atoms. The molecule has 1 aliphatic carbocycles. The van der Waals surface area contributed by atoms with Gasteiger partial charge in [0.05, 0.1) is 24.4 Å². The highest BCUT2D eigenvalue weighted by atomic mass is 16.5. The van der Waals surface area contributed by atoms with E-state index in [1.807, 2.05) is 4.90 Å². The number of carbonyl (C=O) groups is 1. The zero-order valence-electron chi connectivity index (χ0n) is 12.0. The number of nitrogens with zero attached hydrogens (tertiary/aromatic N) is 1. The van der Waals surface area contributed by atoms with Crippen LogP contribution in [0.15, 0.2) is 0 Å². The van der Waals surface area contributed by atoms with Crippen LogP contribution in [0.2, 0.25) is 0 Å². The molecule has 4 heteroatoms. The quantitative estimate of drug-likeness (QED) is 0.812. The van der Waals surface area contributed by atoms with E-state index in [4.69, 9.17) is 4.74 Å². The second-order valence-corrected chi connectivity index (χ2v) is 5.91. The van der Waals surface area contributed by atoms with Crippen molar-refractivity contribution in [1.82, 2.24) is 10.2 Å². The largest absolute Gasteiger partial charge is 0.376 e. The summed E-state index contributed by atoms with van der Waals surface area (Å²) >= 11 is 0. The van der Waals surface area contributed by atoms with E-state index in [1.165, 1.54) is 6.42 Å². The van der Waals surface area contributed by atoms with Crippen LogP contribution in [-0.4, -0.2) is 42.3 Å². The molecule has 4 nitrogen and oxygen atoms in total. The lowest BCUT2D eigenvalue weighted by Crippen LogP contribution is -2.52. The van der Waals surface area contributed by atoms with Crippen LogP contribution in [0.1, 0.15) is 46.5 Å². The van der Waals surface area contributed by atoms with Crippen molar-refractivity contribution in [3.05, 3.63) is 0 Å². The Balaban J connectivity index is 2.03. The van der Waals surface area contributed by atoms with Crippen LogP contribution in [0.3, 0.4) is 0 Å². The third kappa shape index (κ3) is 2.28. The standard InChI is InChI=1S/C14H26N2O2/c1-5-10(2)12-13(17)16(11(3)15-12)9-14(18-4)7-6-8-14/h10-12,15H,5-9H2,1-4H3. The molecule has 0 bridgehead atoms. The van der Waals surface area contributed by atoms with E-state index in [1.54, 1.807) is 7.11 Å². The van der Waals surface area contributed by atoms with Gasteiger partial charge in [0, 0.05) is 7.11 Å². The lowest BCUT2D eigenvalue weighted by molar-refractivity contribution is -0.140. The van der Waals surface area contributed by atoms with E-state index in [2.05, 4.69) is 26.1 Å². The highest BCUT2D eigenvalue weighted by molar-refractivity contribution is 5.84. The van der Waals surface area contributed by atoms with E-state index in [9.17, 15) is 4.79 Å². The maximum atomic E-state index is 12.5. The molecule has 3 atom stereocenters. The monoisotopic (exact) mass is 254 g/mol. The number of hydrogen-bond donors (Lipinski definition) is 1. The summed E-state index contributed by atoms with van der Waals surface area (Å²) in [6, 6.07) is -0.0148. The van der Waals surface area contributed by atoms with Crippen molar-refractivity contribution in [3.63, 3.8) is 0 Å². The molecule has 18 heavy (non-hydrogen) atoms. The molecular weight excluding hydrogens is 228 g/mol. The molecule has 2 aliphatic rings. The van der Waals surface area contributed by atoms with Gasteiger partial charge in [0.2, 0.25) is 5.91 Å². The number of amides is 1. The van der Waals surface area contributed by atoms with Gasteiger partial charge in [-0.3, -0.25) is 10.1 Å². The van der Waals surface area contributed by atoms with E-state index in [0.717, 1.165) is 25.8 Å². The van der Waals surface area contributed by atoms with Crippen LogP contribution in [0.4, 0.5) is 0 Å². The van der Waals surface area contributed by atoms with Crippen molar-refractivity contribution in [2.75, 3.05) is 13.7 Å². The third-order valence-corrected chi connectivity index (χ3v) is 4.81. The molecule has 1 heterocycles. The summed E-state index contributed by atoms with van der Waals surface area (Å²) in [5.41, 5.74) is -0.0735. The van der Waals surface area contributed by atoms with E-state index >= 15 is 0 Å². The Hall–Kier alpha value is -0.610. The average molecular weight is 254 g/mol. The Kier molecular flexibility index (Phi) is 3.97. The zero-order chi connectivity index (χ0) is 13.3. The van der Waals surface area contributed by atoms with E-state index < -0.39 is 0 Å². The first-order valence-electron chi connectivity index (χ1n) is 7.14. The van der Waals surface area contributed by atoms with E-state index in [-0.39, 0.29) is 23.7 Å². The number of rotatable bonds is 5. The molecule has 1 N–H and O–H groups in total. The van der Waals surface area contributed by atoms with Crippen LogP contribution in [0, 0.1) is 5.92 Å². The molecular formula is C14H26N2O2. The predicted molar refractivity (Wildman–Crippen MR) is 71.1 cm³/mol. The molecule has 1 amide bonds. The maximum Gasteiger partial charge on any atom is 0.241 e. The molecule has 2 rings (SSSR count). The molecule has 0 radical (unpaired) electrons. The lowest BCUT2D eigenvalue weighted by Gasteiger charge is -2.43. The highest BCUT2D eigenvalue weighted by Gasteiger charge is 2.45. The Morgan fingerprint density at radius 1 is 1.56 bits per heavy atom. The van der Waals surface area contributed by atoms with Gasteiger partial charge in [-0.15, -0.1) is 0 Å². The van der Waals surface area contributed by atoms with E-state index in [0.29, 0.717) is 5.92 Å². The summed E-state index contributed by atoms with van der Waals surface area (Å²) in [5.74, 6) is 0.644. The Bertz CT molecular complexity index is 309. The van der Waals surface area contributed by atoms with Crippen molar-refractivity contribution in [3.8, 4) is 0 Å². The van der Waals surface area contributed by atoms with Crippen LogP contribution < -0.4 is 5.32 Å². The van der Waals surface area contributed by atoms with Gasteiger partial charge in [0.1, 0.15) is 0 Å². The summed E-state index contributed by atoms with van der Waals surface area (Å²) in [5, 5.41) is 3.42. The molecule has 0 aromatic carbocycles. The lowest BCUT2D eigenvalue weighted by atomic mass is 9.79. The number of methoxy groups -OCH3 is 1. The number of nitrogens with one attached hydrogen (secondary N) is 1. The third-order valence-electron chi connectivity index (χ3n) is 4.81. The minimum atomic E-state index is -0.0735. The second-order valence-electron chi connectivity index (χ2n) is 5.91. The average Bonchev–Trinajstić information content (AvgIpc) is 2.59. The van der Waals surface area contributed by atoms with Gasteiger partial charge in [0.15, 0.2) is 0 Å². The summed E-state index contributed by atoms with van der Waals surface area (Å²) in [6.45, 7) is 7.09. The van der Waals surface area contributed by atoms with Crippen molar-refractivity contribution in [2.45, 2.75) is 64.3 Å². The number of ether oxygens (including phenoxy) is 1. The fraction of sp³-hybridized carbons (Fsp3) is 0.929. The van der Waals surface area contributed by atoms with Gasteiger partial charge < -0.3 is 9.64 Å². The smallest absolute Gasteiger partial charge is 0.241 e. The van der Waals surface area contributed by atoms with Gasteiger partial charge in [-0.1, -0.05) is 20.3 Å². The van der Waals surface area contributed by atoms with Gasteiger partial charge >= 0.3 is 0 Å². The van der Waals surface area contributed by atoms with Gasteiger partial charge in [-0.2, -0.15) is 0 Å². The van der Waals surface area contributed by atoms with Crippen LogP contribution in [0.25, 0.3) is 0 Å². The SMILES string of the molecule is CCC(C)C1NC(C)N(CC2(OC)CCC2)C1=O. The minimum Gasteiger partial charge on any atom is -0.376 e. The molecule has 3 unspecified atom stereocenters. The van der Waals surface area contributed by atoms with Crippen molar-refractivity contribution >= 4 is 5.91 Å². The normalized spacial score (nSPS) is 32.4. The molecule has 104 valence electrons. The van der Waals surface area contributed by atoms with Crippen LogP contribution in [0.5, 0.6) is 0 Å². The summed E-state index contributed by atoms with van der Waals surface area (Å²) in [6.07, 6.45) is 4.53. The van der Waals surface area contributed by atoms with Crippen LogP contribution in [-0.2, 0) is 9.53 Å². The maximum absolute atomic E-state index is 12.5. The van der Waals surface area contributed by atoms with Crippen molar-refractivity contribution < 1.29 is 9.53 Å². The Morgan fingerprint density at radius 3 is 2.67 bits per heavy atom. The fourth-order valence-corrected chi connectivity index (χ4v) is 2.96. The van der Waals surface area contributed by atoms with Gasteiger partial charge in [-0.05, 0) is 32.1 Å². The molecule has 1 saturated carbocycles. The summed E-state index contributed by atoms with van der Waals surface area (Å²) in [4.78, 5) is 14.4. The molecule has 0 aromatic heterocycles. The number of carbonyl (C=O) groups excluding carboxylic acids is 1. The molecule has 2 fully saturated rings. The fourth-order valence-electron chi connectivity index (χ4n) is 2.96. The van der Waals surface area contributed by atoms with Crippen molar-refractivity contribution in [2.24, 2.45) is 5.92 Å². The Morgan fingerprint density at radius 2 is 2.22 bits per heavy atom. The first-order chi connectivity index (χ1) is 8.53. The summed E-state index contributed by atoms with van der Waals surface area (Å²) in [7, 11) is 1.77. The molecule has 1 saturated heterocycles. The zero-order valence-corrected chi connectivity index (χ0v) is 12.0. The number of hydrogen-bond acceptors (Lipinski definition) is 3. The molecule has 1 aliphatic heterocycles. The first kappa shape index (κ1) is 13.8. The van der Waals surface area contributed by atoms with Gasteiger partial charge in [-0.25, -0.2) is 0 Å². The Labute approximate surface area is 110 Å². The predicted octanol–water partition coefficient (Wildman–Crippen LogP) is 1.75. The highest BCUT2D eigenvalue weighted by Crippen LogP contribution is 2.37. The molecule has 0 aromatic rings. The second kappa shape index (κ2) is 5.17. The minimum absolute atomic E-state index is 0.0148. The van der Waals surface area contributed by atoms with Crippen LogP contribution >= 0.6 is 0 Å². The topological polar surface area (TPSA) is 41.6 Å². The summed E-state index contributed by atoms with van der Waals surface area (Å²) < 4.78 is 5.63. The first-order valence-corrected chi connectivity index (χ1v) is 7.14.